The van der Waals surface area contributed by atoms with Crippen LogP contribution in [0.5, 0.6) is 0 Å². The lowest BCUT2D eigenvalue weighted by molar-refractivity contribution is -0.168. The molecule has 27 heavy (non-hydrogen) atoms. The molecule has 0 radical (unpaired) electrons. The lowest BCUT2D eigenvalue weighted by Crippen LogP contribution is -2.52. The van der Waals surface area contributed by atoms with Gasteiger partial charge in [0, 0.05) is 11.3 Å². The Morgan fingerprint density at radius 2 is 1.41 bits per heavy atom. The van der Waals surface area contributed by atoms with Crippen molar-refractivity contribution in [3.63, 3.8) is 0 Å². The van der Waals surface area contributed by atoms with Crippen molar-refractivity contribution in [1.29, 1.82) is 0 Å². The number of hydrogen-bond acceptors (Lipinski definition) is 4. The van der Waals surface area contributed by atoms with Crippen LogP contribution in [0.15, 0.2) is 12.7 Å². The first-order valence-corrected chi connectivity index (χ1v) is 9.88. The Kier molecular flexibility index (Phi) is 8.67. The van der Waals surface area contributed by atoms with Crippen molar-refractivity contribution in [3.8, 4) is 0 Å². The van der Waals surface area contributed by atoms with Crippen molar-refractivity contribution in [2.24, 2.45) is 16.7 Å². The van der Waals surface area contributed by atoms with Crippen LogP contribution >= 0.6 is 0 Å². The minimum absolute atomic E-state index is 0.00940. The quantitative estimate of drug-likeness (QED) is 0.475. The van der Waals surface area contributed by atoms with Crippen LogP contribution in [0.2, 0.25) is 0 Å². The van der Waals surface area contributed by atoms with E-state index in [1.165, 1.54) is 0 Å². The molecule has 0 aromatic heterocycles. The number of Topliss-reactive ketones (excluding diaryl/α,β-unsaturated/α-hetero) is 2. The number of rotatable bonds is 10. The Morgan fingerprint density at radius 1 is 0.926 bits per heavy atom. The van der Waals surface area contributed by atoms with E-state index in [2.05, 4.69) is 6.58 Å². The topological polar surface area (TPSA) is 52.6 Å². The second-order valence-corrected chi connectivity index (χ2v) is 10.5. The zero-order chi connectivity index (χ0) is 21.8. The van der Waals surface area contributed by atoms with Crippen LogP contribution in [0, 0.1) is 16.7 Å². The van der Waals surface area contributed by atoms with Gasteiger partial charge in [-0.05, 0) is 48.0 Å². The van der Waals surface area contributed by atoms with E-state index in [9.17, 15) is 9.59 Å². The van der Waals surface area contributed by atoms with E-state index >= 15 is 0 Å². The average Bonchev–Trinajstić information content (AvgIpc) is 2.46. The first kappa shape index (κ1) is 26.0. The second-order valence-electron chi connectivity index (χ2n) is 10.5. The number of ketones is 2. The lowest BCUT2D eigenvalue weighted by atomic mass is 9.72. The van der Waals surface area contributed by atoms with Gasteiger partial charge in [0.15, 0.2) is 5.78 Å². The molecule has 0 fully saturated rings. The number of hydrogen-bond donors (Lipinski definition) is 0. The number of allylic oxidation sites excluding steroid dienone is 1. The van der Waals surface area contributed by atoms with Gasteiger partial charge in [-0.15, -0.1) is 6.58 Å². The van der Waals surface area contributed by atoms with Crippen molar-refractivity contribution in [2.75, 3.05) is 6.61 Å². The predicted molar refractivity (Wildman–Crippen MR) is 112 cm³/mol. The highest BCUT2D eigenvalue weighted by atomic mass is 16.5. The summed E-state index contributed by atoms with van der Waals surface area (Å²) in [6.45, 7) is 24.9. The smallest absolute Gasteiger partial charge is 0.169 e. The molecule has 0 aliphatic heterocycles. The van der Waals surface area contributed by atoms with Crippen LogP contribution in [-0.4, -0.2) is 35.5 Å². The summed E-state index contributed by atoms with van der Waals surface area (Å²) in [5.41, 5.74) is -2.37. The molecule has 0 heterocycles. The van der Waals surface area contributed by atoms with Crippen molar-refractivity contribution in [3.05, 3.63) is 12.7 Å². The lowest BCUT2D eigenvalue weighted by Gasteiger charge is -2.43. The summed E-state index contributed by atoms with van der Waals surface area (Å²) in [4.78, 5) is 25.8. The van der Waals surface area contributed by atoms with Crippen molar-refractivity contribution < 1.29 is 19.1 Å². The molecule has 0 aromatic carbocycles. The standard InChI is InChI=1S/C23H42O4/c1-13-14-17(19(25)20(3,4)5)15-26-23(11,12)22(9,10)18(24)16(2)27-21(6,7)8/h13,16-17H,1,14-15H2,2-12H3. The molecular formula is C23H42O4. The second kappa shape index (κ2) is 9.00. The molecule has 0 N–H and O–H groups in total. The highest BCUT2D eigenvalue weighted by Gasteiger charge is 2.47. The Morgan fingerprint density at radius 3 is 1.78 bits per heavy atom. The maximum Gasteiger partial charge on any atom is 0.169 e. The summed E-state index contributed by atoms with van der Waals surface area (Å²) in [5, 5.41) is 0. The van der Waals surface area contributed by atoms with Gasteiger partial charge in [0.2, 0.25) is 0 Å². The van der Waals surface area contributed by atoms with Gasteiger partial charge < -0.3 is 9.47 Å². The Balaban J connectivity index is 5.32. The normalized spacial score (nSPS) is 16.0. The summed E-state index contributed by atoms with van der Waals surface area (Å²) < 4.78 is 12.0. The molecule has 158 valence electrons. The minimum Gasteiger partial charge on any atom is -0.374 e. The van der Waals surface area contributed by atoms with Gasteiger partial charge in [0.05, 0.1) is 23.2 Å². The van der Waals surface area contributed by atoms with Crippen LogP contribution in [0.1, 0.15) is 82.6 Å². The van der Waals surface area contributed by atoms with Crippen LogP contribution < -0.4 is 0 Å². The summed E-state index contributed by atoms with van der Waals surface area (Å²) >= 11 is 0. The molecule has 0 aromatic rings. The Hall–Kier alpha value is -1.00. The van der Waals surface area contributed by atoms with E-state index in [1.54, 1.807) is 13.0 Å². The third-order valence-electron chi connectivity index (χ3n) is 5.23. The van der Waals surface area contributed by atoms with Gasteiger partial charge in [-0.3, -0.25) is 9.59 Å². The Bertz CT molecular complexity index is 530. The SMILES string of the molecule is C=CCC(COC(C)(C)C(C)(C)C(=O)C(C)OC(C)(C)C)C(=O)C(C)(C)C. The molecule has 2 unspecified atom stereocenters. The third-order valence-corrected chi connectivity index (χ3v) is 5.23. The van der Waals surface area contributed by atoms with E-state index in [0.717, 1.165) is 0 Å². The zero-order valence-corrected chi connectivity index (χ0v) is 19.5. The molecule has 0 saturated carbocycles. The van der Waals surface area contributed by atoms with Gasteiger partial charge in [0.25, 0.3) is 0 Å². The van der Waals surface area contributed by atoms with E-state index in [1.807, 2.05) is 69.2 Å². The number of ether oxygens (including phenoxy) is 2. The molecule has 0 rings (SSSR count). The van der Waals surface area contributed by atoms with Crippen LogP contribution in [-0.2, 0) is 19.1 Å². The monoisotopic (exact) mass is 382 g/mol. The average molecular weight is 383 g/mol. The molecule has 4 heteroatoms. The summed E-state index contributed by atoms with van der Waals surface area (Å²) in [5.74, 6) is -0.132. The maximum absolute atomic E-state index is 13.1. The number of carbonyl (C=O) groups is 2. The van der Waals surface area contributed by atoms with Gasteiger partial charge in [0.1, 0.15) is 11.9 Å². The predicted octanol–water partition coefficient (Wildman–Crippen LogP) is 5.39. The summed E-state index contributed by atoms with van der Waals surface area (Å²) in [6.07, 6.45) is 1.77. The molecular weight excluding hydrogens is 340 g/mol. The zero-order valence-electron chi connectivity index (χ0n) is 19.5. The van der Waals surface area contributed by atoms with Crippen LogP contribution in [0.25, 0.3) is 0 Å². The van der Waals surface area contributed by atoms with Crippen molar-refractivity contribution >= 4 is 11.6 Å². The van der Waals surface area contributed by atoms with E-state index < -0.39 is 28.1 Å². The van der Waals surface area contributed by atoms with Gasteiger partial charge in [-0.1, -0.05) is 40.7 Å². The van der Waals surface area contributed by atoms with Crippen molar-refractivity contribution in [2.45, 2.75) is 99.9 Å². The molecule has 0 amide bonds. The first-order valence-electron chi connectivity index (χ1n) is 9.88. The molecule has 0 aliphatic rings. The fraction of sp³-hybridized carbons (Fsp3) is 0.826. The fourth-order valence-electron chi connectivity index (χ4n) is 2.94. The molecule has 2 atom stereocenters. The summed E-state index contributed by atoms with van der Waals surface area (Å²) in [7, 11) is 0. The van der Waals surface area contributed by atoms with Crippen LogP contribution in [0.3, 0.4) is 0 Å². The largest absolute Gasteiger partial charge is 0.374 e. The molecule has 0 spiro atoms. The maximum atomic E-state index is 13.1. The molecule has 0 aliphatic carbocycles. The van der Waals surface area contributed by atoms with E-state index in [0.29, 0.717) is 6.42 Å². The highest BCUT2D eigenvalue weighted by molar-refractivity contribution is 5.89. The number of carbonyl (C=O) groups excluding carboxylic acids is 2. The van der Waals surface area contributed by atoms with Gasteiger partial charge >= 0.3 is 0 Å². The highest BCUT2D eigenvalue weighted by Crippen LogP contribution is 2.37. The first-order chi connectivity index (χ1) is 11.9. The van der Waals surface area contributed by atoms with Gasteiger partial charge in [-0.2, -0.15) is 0 Å². The summed E-state index contributed by atoms with van der Waals surface area (Å²) in [6, 6.07) is 0. The van der Waals surface area contributed by atoms with E-state index in [4.69, 9.17) is 9.47 Å². The van der Waals surface area contributed by atoms with Crippen molar-refractivity contribution in [1.82, 2.24) is 0 Å². The third kappa shape index (κ3) is 7.50. The van der Waals surface area contributed by atoms with E-state index in [-0.39, 0.29) is 24.1 Å². The molecule has 4 nitrogen and oxygen atoms in total. The van der Waals surface area contributed by atoms with Crippen LogP contribution in [0.4, 0.5) is 0 Å². The minimum atomic E-state index is -0.777. The Labute approximate surface area is 167 Å². The molecule has 0 saturated heterocycles. The van der Waals surface area contributed by atoms with Gasteiger partial charge in [-0.25, -0.2) is 0 Å². The fourth-order valence-corrected chi connectivity index (χ4v) is 2.94. The molecule has 0 bridgehead atoms.